The first kappa shape index (κ1) is 11.7. The summed E-state index contributed by atoms with van der Waals surface area (Å²) in [5.41, 5.74) is -0.460. The molecule has 2 bridgehead atoms. The summed E-state index contributed by atoms with van der Waals surface area (Å²) < 4.78 is 10.6. The lowest BCUT2D eigenvalue weighted by atomic mass is 9.87. The van der Waals surface area contributed by atoms with Crippen molar-refractivity contribution in [2.75, 3.05) is 14.2 Å². The van der Waals surface area contributed by atoms with Gasteiger partial charge in [-0.25, -0.2) is 4.79 Å². The second kappa shape index (κ2) is 4.22. The summed E-state index contributed by atoms with van der Waals surface area (Å²) in [6.45, 7) is 0. The van der Waals surface area contributed by atoms with Gasteiger partial charge in [-0.3, -0.25) is 4.90 Å². The Morgan fingerprint density at radius 2 is 2.06 bits per heavy atom. The summed E-state index contributed by atoms with van der Waals surface area (Å²) in [6.07, 6.45) is 3.33. The van der Waals surface area contributed by atoms with Crippen LogP contribution in [0.25, 0.3) is 0 Å². The molecule has 0 spiro atoms. The van der Waals surface area contributed by atoms with Gasteiger partial charge in [-0.05, 0) is 32.1 Å². The number of fused-ring (bicyclic) bond motifs is 2. The van der Waals surface area contributed by atoms with Crippen LogP contribution in [-0.4, -0.2) is 48.2 Å². The van der Waals surface area contributed by atoms with Gasteiger partial charge in [0.25, 0.3) is 0 Å². The van der Waals surface area contributed by atoms with Gasteiger partial charge in [0, 0.05) is 20.3 Å². The minimum atomic E-state index is -0.846. The van der Waals surface area contributed by atoms with Crippen molar-refractivity contribution in [3.05, 3.63) is 0 Å². The van der Waals surface area contributed by atoms with Gasteiger partial charge in [0.2, 0.25) is 0 Å². The third-order valence-corrected chi connectivity index (χ3v) is 3.98. The summed E-state index contributed by atoms with van der Waals surface area (Å²) in [7, 11) is 3.15. The van der Waals surface area contributed by atoms with Crippen LogP contribution < -0.4 is 0 Å². The van der Waals surface area contributed by atoms with Crippen LogP contribution in [0.3, 0.4) is 0 Å². The largest absolute Gasteiger partial charge is 0.465 e. The molecule has 2 atom stereocenters. The number of amides is 1. The maximum Gasteiger partial charge on any atom is 0.408 e. The molecule has 2 aliphatic rings. The number of nitrogens with zero attached hydrogens (tertiary/aromatic N) is 1. The number of carboxylic acid groups (broad SMARTS) is 1. The van der Waals surface area contributed by atoms with Crippen molar-refractivity contribution in [3.8, 4) is 0 Å². The molecule has 16 heavy (non-hydrogen) atoms. The van der Waals surface area contributed by atoms with Crippen molar-refractivity contribution >= 4 is 6.09 Å². The van der Waals surface area contributed by atoms with Gasteiger partial charge in [0.05, 0.1) is 5.54 Å². The van der Waals surface area contributed by atoms with E-state index >= 15 is 0 Å². The van der Waals surface area contributed by atoms with E-state index in [9.17, 15) is 9.90 Å². The molecular weight excluding hydrogens is 210 g/mol. The third-order valence-electron chi connectivity index (χ3n) is 3.98. The number of rotatable bonds is 3. The summed E-state index contributed by atoms with van der Waals surface area (Å²) in [4.78, 5) is 12.9. The van der Waals surface area contributed by atoms with E-state index in [0.29, 0.717) is 0 Å². The molecule has 2 unspecified atom stereocenters. The zero-order valence-electron chi connectivity index (χ0n) is 9.81. The molecule has 0 aromatic carbocycles. The van der Waals surface area contributed by atoms with Crippen LogP contribution in [-0.2, 0) is 9.47 Å². The summed E-state index contributed by atoms with van der Waals surface area (Å²) in [6, 6.07) is 0.152. The molecule has 2 fully saturated rings. The first-order valence-corrected chi connectivity index (χ1v) is 5.73. The summed E-state index contributed by atoms with van der Waals surface area (Å²) in [5, 5.41) is 9.34. The lowest BCUT2D eigenvalue weighted by Gasteiger charge is -2.46. The molecule has 0 aromatic rings. The highest BCUT2D eigenvalue weighted by atomic mass is 16.7. The molecule has 5 heteroatoms. The fourth-order valence-corrected chi connectivity index (χ4v) is 3.42. The molecule has 1 N–H and O–H groups in total. The smallest absolute Gasteiger partial charge is 0.408 e. The Kier molecular flexibility index (Phi) is 3.08. The second-order valence-corrected chi connectivity index (χ2v) is 4.64. The van der Waals surface area contributed by atoms with Crippen LogP contribution in [0.2, 0.25) is 0 Å². The zero-order valence-corrected chi connectivity index (χ0v) is 9.81. The quantitative estimate of drug-likeness (QED) is 0.748. The van der Waals surface area contributed by atoms with Crippen LogP contribution in [0.1, 0.15) is 32.1 Å². The molecule has 5 nitrogen and oxygen atoms in total. The maximum absolute atomic E-state index is 11.4. The van der Waals surface area contributed by atoms with E-state index in [-0.39, 0.29) is 6.04 Å². The SMILES string of the molecule is COC(OC)C12CCCC(CC1)N2C(=O)O. The van der Waals surface area contributed by atoms with E-state index in [0.717, 1.165) is 32.1 Å². The number of methoxy groups -OCH3 is 2. The Hall–Kier alpha value is -0.810. The summed E-state index contributed by atoms with van der Waals surface area (Å²) in [5.74, 6) is 0. The number of carbonyl (C=O) groups is 1. The van der Waals surface area contributed by atoms with Crippen molar-refractivity contribution in [1.82, 2.24) is 4.90 Å². The van der Waals surface area contributed by atoms with Crippen LogP contribution in [0.15, 0.2) is 0 Å². The van der Waals surface area contributed by atoms with Crippen LogP contribution in [0.4, 0.5) is 4.79 Å². The molecular formula is C11H19NO4. The lowest BCUT2D eigenvalue weighted by molar-refractivity contribution is -0.185. The zero-order chi connectivity index (χ0) is 11.8. The monoisotopic (exact) mass is 229 g/mol. The average molecular weight is 229 g/mol. The van der Waals surface area contributed by atoms with Crippen LogP contribution >= 0.6 is 0 Å². The molecule has 2 saturated heterocycles. The number of hydrogen-bond acceptors (Lipinski definition) is 3. The molecule has 0 saturated carbocycles. The third kappa shape index (κ3) is 1.50. The van der Waals surface area contributed by atoms with Crippen molar-refractivity contribution in [3.63, 3.8) is 0 Å². The van der Waals surface area contributed by atoms with Gasteiger partial charge >= 0.3 is 6.09 Å². The minimum Gasteiger partial charge on any atom is -0.465 e. The normalized spacial score (nSPS) is 33.4. The first-order valence-electron chi connectivity index (χ1n) is 5.73. The van der Waals surface area contributed by atoms with E-state index in [4.69, 9.17) is 9.47 Å². The Bertz CT molecular complexity index is 275. The molecule has 2 aliphatic heterocycles. The van der Waals surface area contributed by atoms with E-state index in [1.807, 2.05) is 0 Å². The van der Waals surface area contributed by atoms with Crippen LogP contribution in [0, 0.1) is 0 Å². The molecule has 92 valence electrons. The number of piperidine rings is 1. The van der Waals surface area contributed by atoms with E-state index < -0.39 is 17.9 Å². The Labute approximate surface area is 95.3 Å². The van der Waals surface area contributed by atoms with Crippen molar-refractivity contribution in [1.29, 1.82) is 0 Å². The minimum absolute atomic E-state index is 0.152. The van der Waals surface area contributed by atoms with Crippen molar-refractivity contribution in [2.24, 2.45) is 0 Å². The highest BCUT2D eigenvalue weighted by Gasteiger charge is 2.56. The van der Waals surface area contributed by atoms with Crippen molar-refractivity contribution in [2.45, 2.75) is 50.0 Å². The molecule has 0 radical (unpaired) electrons. The highest BCUT2D eigenvalue weighted by molar-refractivity contribution is 5.67. The van der Waals surface area contributed by atoms with Crippen molar-refractivity contribution < 1.29 is 19.4 Å². The van der Waals surface area contributed by atoms with Gasteiger partial charge < -0.3 is 14.6 Å². The fraction of sp³-hybridized carbons (Fsp3) is 0.909. The first-order chi connectivity index (χ1) is 7.65. The van der Waals surface area contributed by atoms with Gasteiger partial charge in [-0.15, -0.1) is 0 Å². The fourth-order valence-electron chi connectivity index (χ4n) is 3.42. The van der Waals surface area contributed by atoms with Gasteiger partial charge in [0.15, 0.2) is 6.29 Å². The van der Waals surface area contributed by atoms with E-state index in [1.165, 1.54) is 0 Å². The number of hydrogen-bond donors (Lipinski definition) is 1. The lowest BCUT2D eigenvalue weighted by Crippen LogP contribution is -2.60. The predicted octanol–water partition coefficient (Wildman–Crippen LogP) is 1.67. The van der Waals surface area contributed by atoms with Gasteiger partial charge in [0.1, 0.15) is 0 Å². The number of ether oxygens (including phenoxy) is 2. The predicted molar refractivity (Wildman–Crippen MR) is 57.3 cm³/mol. The maximum atomic E-state index is 11.4. The average Bonchev–Trinajstić information content (AvgIpc) is 2.49. The Morgan fingerprint density at radius 1 is 1.38 bits per heavy atom. The van der Waals surface area contributed by atoms with E-state index in [1.54, 1.807) is 19.1 Å². The Balaban J connectivity index is 2.31. The summed E-state index contributed by atoms with van der Waals surface area (Å²) >= 11 is 0. The second-order valence-electron chi connectivity index (χ2n) is 4.64. The molecule has 1 amide bonds. The Morgan fingerprint density at radius 3 is 2.62 bits per heavy atom. The molecule has 0 aliphatic carbocycles. The molecule has 0 aromatic heterocycles. The molecule has 2 rings (SSSR count). The van der Waals surface area contributed by atoms with E-state index in [2.05, 4.69) is 0 Å². The topological polar surface area (TPSA) is 59.0 Å². The standard InChI is InChI=1S/C11H19NO4/c1-15-9(16-2)11-6-3-4-8(5-7-11)12(11)10(13)14/h8-9H,3-7H2,1-2H3,(H,13,14). The molecule has 2 heterocycles. The van der Waals surface area contributed by atoms with Gasteiger partial charge in [-0.2, -0.15) is 0 Å². The van der Waals surface area contributed by atoms with Crippen LogP contribution in [0.5, 0.6) is 0 Å². The van der Waals surface area contributed by atoms with Gasteiger partial charge in [-0.1, -0.05) is 0 Å². The highest BCUT2D eigenvalue weighted by Crippen LogP contribution is 2.46.